The van der Waals surface area contributed by atoms with Crippen molar-refractivity contribution < 1.29 is 13.6 Å². The van der Waals surface area contributed by atoms with Gasteiger partial charge < -0.3 is 18.6 Å². The number of benzene rings is 2. The van der Waals surface area contributed by atoms with Gasteiger partial charge in [-0.25, -0.2) is 0 Å². The van der Waals surface area contributed by atoms with Gasteiger partial charge in [-0.3, -0.25) is 4.79 Å². The Bertz CT molecular complexity index is 1420. The topological polar surface area (TPSA) is 86.5 Å². The molecule has 3 heterocycles. The van der Waals surface area contributed by atoms with Crippen molar-refractivity contribution in [2.45, 2.75) is 13.8 Å². The third-order valence-electron chi connectivity index (χ3n) is 6.09. The maximum atomic E-state index is 13.2. The summed E-state index contributed by atoms with van der Waals surface area (Å²) in [7, 11) is 0. The van der Waals surface area contributed by atoms with Crippen LogP contribution in [0.1, 0.15) is 38.8 Å². The van der Waals surface area contributed by atoms with Gasteiger partial charge in [0.1, 0.15) is 11.7 Å². The number of piperazine rings is 1. The van der Waals surface area contributed by atoms with Crippen molar-refractivity contribution in [1.82, 2.24) is 9.88 Å². The third-order valence-corrected chi connectivity index (χ3v) is 6.09. The maximum absolute atomic E-state index is 13.2. The smallest absolute Gasteiger partial charge is 0.290 e. The molecular formula is C27H24N4O3. The largest absolute Gasteiger partial charge is 0.451 e. The van der Waals surface area contributed by atoms with Crippen molar-refractivity contribution in [2.75, 3.05) is 31.1 Å². The van der Waals surface area contributed by atoms with E-state index in [1.165, 1.54) is 0 Å². The van der Waals surface area contributed by atoms with Crippen LogP contribution < -0.4 is 4.90 Å². The minimum atomic E-state index is -0.115. The highest BCUT2D eigenvalue weighted by Crippen LogP contribution is 2.28. The molecule has 1 amide bonds. The molecule has 0 atom stereocenters. The molecule has 2 aromatic heterocycles. The number of hydrogen-bond donors (Lipinski definition) is 0. The first-order chi connectivity index (χ1) is 16.5. The SMILES string of the molecule is Cc1ccc2c(C)c(C(=O)N3CCN(c4oc(/C=C/c5ccccc5)nc4C#N)CC3)oc2c1. The zero-order valence-electron chi connectivity index (χ0n) is 19.1. The van der Waals surface area contributed by atoms with Crippen LogP contribution in [0.2, 0.25) is 0 Å². The lowest BCUT2D eigenvalue weighted by Crippen LogP contribution is -2.49. The van der Waals surface area contributed by atoms with E-state index in [2.05, 4.69) is 11.1 Å². The molecule has 0 radical (unpaired) electrons. The normalized spacial score (nSPS) is 14.1. The number of amides is 1. The number of nitrogens with zero attached hydrogens (tertiary/aromatic N) is 4. The molecule has 0 unspecified atom stereocenters. The Morgan fingerprint density at radius 3 is 2.53 bits per heavy atom. The number of carbonyl (C=O) groups is 1. The molecule has 34 heavy (non-hydrogen) atoms. The fourth-order valence-electron chi connectivity index (χ4n) is 4.21. The molecule has 0 N–H and O–H groups in total. The number of furan rings is 1. The first-order valence-corrected chi connectivity index (χ1v) is 11.2. The Kier molecular flexibility index (Phi) is 5.64. The summed E-state index contributed by atoms with van der Waals surface area (Å²) in [5.74, 6) is 1.09. The van der Waals surface area contributed by atoms with Crippen LogP contribution in [0.5, 0.6) is 0 Å². The molecule has 1 aliphatic heterocycles. The summed E-state index contributed by atoms with van der Waals surface area (Å²) in [4.78, 5) is 21.2. The van der Waals surface area contributed by atoms with Gasteiger partial charge in [-0.15, -0.1) is 0 Å². The molecule has 4 aromatic rings. The van der Waals surface area contributed by atoms with E-state index in [4.69, 9.17) is 8.83 Å². The first-order valence-electron chi connectivity index (χ1n) is 11.2. The van der Waals surface area contributed by atoms with Gasteiger partial charge in [0.2, 0.25) is 17.5 Å². The molecule has 1 fully saturated rings. The van der Waals surface area contributed by atoms with Crippen LogP contribution in [0.15, 0.2) is 57.4 Å². The van der Waals surface area contributed by atoms with E-state index in [1.54, 1.807) is 11.0 Å². The monoisotopic (exact) mass is 452 g/mol. The average molecular weight is 453 g/mol. The van der Waals surface area contributed by atoms with Gasteiger partial charge in [-0.05, 0) is 37.1 Å². The van der Waals surface area contributed by atoms with E-state index < -0.39 is 0 Å². The predicted octanol–water partition coefficient (Wildman–Crippen LogP) is 5.04. The quantitative estimate of drug-likeness (QED) is 0.431. The van der Waals surface area contributed by atoms with Gasteiger partial charge in [-0.2, -0.15) is 10.2 Å². The number of oxazole rings is 1. The summed E-state index contributed by atoms with van der Waals surface area (Å²) >= 11 is 0. The highest BCUT2D eigenvalue weighted by molar-refractivity contribution is 5.99. The van der Waals surface area contributed by atoms with Gasteiger partial charge in [0.05, 0.1) is 0 Å². The summed E-state index contributed by atoms with van der Waals surface area (Å²) < 4.78 is 11.8. The predicted molar refractivity (Wildman–Crippen MR) is 130 cm³/mol. The molecule has 5 rings (SSSR count). The molecule has 2 aromatic carbocycles. The van der Waals surface area contributed by atoms with Gasteiger partial charge >= 0.3 is 0 Å². The Balaban J connectivity index is 1.29. The number of fused-ring (bicyclic) bond motifs is 1. The summed E-state index contributed by atoms with van der Waals surface area (Å²) in [6, 6.07) is 17.9. The molecule has 1 saturated heterocycles. The molecule has 0 aliphatic carbocycles. The summed E-state index contributed by atoms with van der Waals surface area (Å²) in [6.45, 7) is 5.98. The number of carbonyl (C=O) groups excluding carboxylic acids is 1. The summed E-state index contributed by atoms with van der Waals surface area (Å²) in [5.41, 5.74) is 3.95. The molecule has 7 heteroatoms. The summed E-state index contributed by atoms with van der Waals surface area (Å²) in [6.07, 6.45) is 3.65. The zero-order valence-corrected chi connectivity index (χ0v) is 19.1. The number of aromatic nitrogens is 1. The van der Waals surface area contributed by atoms with E-state index in [9.17, 15) is 10.1 Å². The van der Waals surface area contributed by atoms with Crippen molar-refractivity contribution in [2.24, 2.45) is 0 Å². The van der Waals surface area contributed by atoms with Crippen LogP contribution in [0, 0.1) is 25.2 Å². The van der Waals surface area contributed by atoms with Gasteiger partial charge in [0, 0.05) is 43.2 Å². The molecule has 1 aliphatic rings. The molecule has 0 saturated carbocycles. The van der Waals surface area contributed by atoms with Crippen molar-refractivity contribution in [1.29, 1.82) is 5.26 Å². The van der Waals surface area contributed by atoms with Crippen LogP contribution in [-0.4, -0.2) is 42.0 Å². The lowest BCUT2D eigenvalue weighted by molar-refractivity contribution is 0.0714. The summed E-state index contributed by atoms with van der Waals surface area (Å²) in [5, 5.41) is 10.5. The molecule has 170 valence electrons. The second-order valence-corrected chi connectivity index (χ2v) is 8.40. The first kappa shape index (κ1) is 21.5. The number of nitriles is 1. The van der Waals surface area contributed by atoms with Crippen LogP contribution in [0.3, 0.4) is 0 Å². The fraction of sp³-hybridized carbons (Fsp3) is 0.222. The number of rotatable bonds is 4. The minimum absolute atomic E-state index is 0.115. The van der Waals surface area contributed by atoms with Crippen molar-refractivity contribution >= 4 is 34.9 Å². The highest BCUT2D eigenvalue weighted by atomic mass is 16.4. The lowest BCUT2D eigenvalue weighted by Gasteiger charge is -2.34. The Morgan fingerprint density at radius 2 is 1.79 bits per heavy atom. The van der Waals surface area contributed by atoms with Gasteiger partial charge in [0.25, 0.3) is 5.91 Å². The molecule has 0 spiro atoms. The van der Waals surface area contributed by atoms with Crippen molar-refractivity contribution in [3.63, 3.8) is 0 Å². The minimum Gasteiger partial charge on any atom is -0.451 e. The van der Waals surface area contributed by atoms with Crippen LogP contribution in [0.25, 0.3) is 23.1 Å². The second-order valence-electron chi connectivity index (χ2n) is 8.40. The zero-order chi connectivity index (χ0) is 23.7. The van der Waals surface area contributed by atoms with E-state index in [-0.39, 0.29) is 11.6 Å². The molecule has 7 nitrogen and oxygen atoms in total. The fourth-order valence-corrected chi connectivity index (χ4v) is 4.21. The van der Waals surface area contributed by atoms with Crippen LogP contribution >= 0.6 is 0 Å². The Hall–Kier alpha value is -4.31. The lowest BCUT2D eigenvalue weighted by atomic mass is 10.1. The standard InChI is InChI=1S/C27H24N4O3/c1-18-8-10-21-19(2)25(33-23(21)16-18)26(32)30-12-14-31(15-13-30)27-22(17-28)29-24(34-27)11-9-20-6-4-3-5-7-20/h3-11,16H,12-15H2,1-2H3/b11-9+. The van der Waals surface area contributed by atoms with Crippen LogP contribution in [-0.2, 0) is 0 Å². The van der Waals surface area contributed by atoms with Gasteiger partial charge in [-0.1, -0.05) is 42.5 Å². The number of anilines is 1. The van der Waals surface area contributed by atoms with E-state index >= 15 is 0 Å². The number of hydrogen-bond acceptors (Lipinski definition) is 6. The number of aryl methyl sites for hydroxylation is 2. The van der Waals surface area contributed by atoms with Crippen molar-refractivity contribution in [3.8, 4) is 6.07 Å². The van der Waals surface area contributed by atoms with Crippen LogP contribution in [0.4, 0.5) is 5.88 Å². The Labute approximate surface area is 197 Å². The average Bonchev–Trinajstić information content (AvgIpc) is 3.43. The highest BCUT2D eigenvalue weighted by Gasteiger charge is 2.29. The molecule has 0 bridgehead atoms. The van der Waals surface area contributed by atoms with Gasteiger partial charge in [0.15, 0.2) is 5.76 Å². The second kappa shape index (κ2) is 8.91. The van der Waals surface area contributed by atoms with E-state index in [0.29, 0.717) is 43.7 Å². The Morgan fingerprint density at radius 1 is 1.03 bits per heavy atom. The maximum Gasteiger partial charge on any atom is 0.290 e. The van der Waals surface area contributed by atoms with Crippen molar-refractivity contribution in [3.05, 3.63) is 82.6 Å². The third kappa shape index (κ3) is 4.06. The molecular weight excluding hydrogens is 428 g/mol. The van der Waals surface area contributed by atoms with E-state index in [1.807, 2.05) is 73.4 Å². The van der Waals surface area contributed by atoms with E-state index in [0.717, 1.165) is 27.7 Å².